The van der Waals surface area contributed by atoms with Gasteiger partial charge in [0.2, 0.25) is 0 Å². The monoisotopic (exact) mass is 332 g/mol. The van der Waals surface area contributed by atoms with Crippen LogP contribution in [0.1, 0.15) is 42.0 Å². The first-order chi connectivity index (χ1) is 11.3. The van der Waals surface area contributed by atoms with Crippen LogP contribution in [0.25, 0.3) is 0 Å². The largest absolute Gasteiger partial charge is 0.417 e. The molecule has 0 unspecified atom stereocenters. The van der Waals surface area contributed by atoms with Crippen molar-refractivity contribution in [1.82, 2.24) is 4.98 Å². The lowest BCUT2D eigenvalue weighted by molar-refractivity contribution is -0.137. The van der Waals surface area contributed by atoms with Gasteiger partial charge in [0.25, 0.3) is 0 Å². The Labute approximate surface area is 137 Å². The number of benzene rings is 1. The molecule has 1 heterocycles. The number of rotatable bonds is 5. The second-order valence-corrected chi connectivity index (χ2v) is 5.51. The van der Waals surface area contributed by atoms with Crippen LogP contribution in [0.3, 0.4) is 0 Å². The number of alkyl halides is 3. The van der Waals surface area contributed by atoms with E-state index in [4.69, 9.17) is 0 Å². The van der Waals surface area contributed by atoms with Gasteiger partial charge in [0.1, 0.15) is 5.92 Å². The van der Waals surface area contributed by atoms with E-state index in [0.29, 0.717) is 6.20 Å². The molecule has 24 heavy (non-hydrogen) atoms. The van der Waals surface area contributed by atoms with Crippen molar-refractivity contribution in [2.45, 2.75) is 31.4 Å². The summed E-state index contributed by atoms with van der Waals surface area (Å²) in [6, 6.07) is 13.1. The van der Waals surface area contributed by atoms with E-state index in [0.717, 1.165) is 17.7 Å². The predicted octanol–water partition coefficient (Wildman–Crippen LogP) is 4.47. The van der Waals surface area contributed by atoms with E-state index in [2.05, 4.69) is 4.98 Å². The van der Waals surface area contributed by atoms with Crippen LogP contribution >= 0.6 is 0 Å². The third-order valence-electron chi connectivity index (χ3n) is 3.74. The van der Waals surface area contributed by atoms with Crippen LogP contribution in [0.15, 0.2) is 48.7 Å². The van der Waals surface area contributed by atoms with Crippen molar-refractivity contribution in [2.24, 2.45) is 0 Å². The first kappa shape index (κ1) is 17.7. The summed E-state index contributed by atoms with van der Waals surface area (Å²) >= 11 is 0. The SMILES string of the molecule is C[C@H](CC(=O)[C@H](C#N)c1ccc(C(F)(F)F)cn1)c1ccccc1. The van der Waals surface area contributed by atoms with Crippen LogP contribution in [0.4, 0.5) is 13.2 Å². The topological polar surface area (TPSA) is 53.8 Å². The van der Waals surface area contributed by atoms with Crippen LogP contribution in [-0.4, -0.2) is 10.8 Å². The Bertz CT molecular complexity index is 734. The number of nitrogens with zero attached hydrogens (tertiary/aromatic N) is 2. The van der Waals surface area contributed by atoms with Gasteiger partial charge in [0.05, 0.1) is 17.3 Å². The van der Waals surface area contributed by atoms with Crippen LogP contribution in [0.5, 0.6) is 0 Å². The van der Waals surface area contributed by atoms with Gasteiger partial charge in [-0.05, 0) is 23.6 Å². The van der Waals surface area contributed by atoms with Gasteiger partial charge in [0.15, 0.2) is 5.78 Å². The lowest BCUT2D eigenvalue weighted by Crippen LogP contribution is -2.15. The average Bonchev–Trinajstić information content (AvgIpc) is 2.56. The molecule has 0 N–H and O–H groups in total. The van der Waals surface area contributed by atoms with Gasteiger partial charge >= 0.3 is 6.18 Å². The van der Waals surface area contributed by atoms with Gasteiger partial charge in [-0.2, -0.15) is 18.4 Å². The summed E-state index contributed by atoms with van der Waals surface area (Å²) in [5.41, 5.74) is 0.0896. The predicted molar refractivity (Wildman–Crippen MR) is 82.1 cm³/mol. The molecule has 2 aromatic rings. The minimum atomic E-state index is -4.50. The van der Waals surface area contributed by atoms with E-state index in [1.54, 1.807) is 0 Å². The highest BCUT2D eigenvalue weighted by Crippen LogP contribution is 2.30. The summed E-state index contributed by atoms with van der Waals surface area (Å²) in [6.45, 7) is 1.86. The molecule has 0 aliphatic heterocycles. The Morgan fingerprint density at radius 2 is 1.88 bits per heavy atom. The Hall–Kier alpha value is -2.68. The fourth-order valence-corrected chi connectivity index (χ4v) is 2.37. The Morgan fingerprint density at radius 1 is 1.21 bits per heavy atom. The van der Waals surface area contributed by atoms with E-state index >= 15 is 0 Å². The highest BCUT2D eigenvalue weighted by molar-refractivity contribution is 5.88. The molecule has 1 aromatic heterocycles. The maximum absolute atomic E-state index is 12.5. The number of pyridine rings is 1. The summed E-state index contributed by atoms with van der Waals surface area (Å²) in [6.07, 6.45) is -3.74. The average molecular weight is 332 g/mol. The summed E-state index contributed by atoms with van der Waals surface area (Å²) in [7, 11) is 0. The zero-order chi connectivity index (χ0) is 17.7. The Balaban J connectivity index is 2.13. The fraction of sp³-hybridized carbons (Fsp3) is 0.278. The molecule has 124 valence electrons. The summed E-state index contributed by atoms with van der Waals surface area (Å²) < 4.78 is 37.6. The third kappa shape index (κ3) is 4.19. The van der Waals surface area contributed by atoms with E-state index < -0.39 is 17.7 Å². The maximum atomic E-state index is 12.5. The third-order valence-corrected chi connectivity index (χ3v) is 3.74. The second kappa shape index (κ2) is 7.26. The minimum Gasteiger partial charge on any atom is -0.298 e. The zero-order valence-electron chi connectivity index (χ0n) is 12.9. The molecular formula is C18H15F3N2O. The normalized spacial score (nSPS) is 13.8. The summed E-state index contributed by atoms with van der Waals surface area (Å²) in [4.78, 5) is 16.0. The van der Waals surface area contributed by atoms with Crippen molar-refractivity contribution in [2.75, 3.05) is 0 Å². The van der Waals surface area contributed by atoms with Crippen LogP contribution in [-0.2, 0) is 11.0 Å². The molecule has 0 spiro atoms. The summed E-state index contributed by atoms with van der Waals surface area (Å²) in [5.74, 6) is -1.62. The van der Waals surface area contributed by atoms with Crippen LogP contribution in [0.2, 0.25) is 0 Å². The number of hydrogen-bond donors (Lipinski definition) is 0. The molecule has 2 rings (SSSR count). The minimum absolute atomic E-state index is 0.0377. The van der Waals surface area contributed by atoms with Gasteiger partial charge in [-0.25, -0.2) is 0 Å². The number of halogens is 3. The molecule has 0 radical (unpaired) electrons. The molecule has 0 fully saturated rings. The molecular weight excluding hydrogens is 317 g/mol. The van der Waals surface area contributed by atoms with Gasteiger partial charge in [0, 0.05) is 12.6 Å². The van der Waals surface area contributed by atoms with Crippen molar-refractivity contribution >= 4 is 5.78 Å². The number of carbonyl (C=O) groups excluding carboxylic acids is 1. The van der Waals surface area contributed by atoms with Gasteiger partial charge in [-0.15, -0.1) is 0 Å². The molecule has 0 aliphatic rings. The standard InChI is InChI=1S/C18H15F3N2O/c1-12(13-5-3-2-4-6-13)9-17(24)15(10-22)16-8-7-14(11-23-16)18(19,20)21/h2-8,11-12,15H,9H2,1H3/t12-,15-/m1/s1. The number of Topliss-reactive ketones (excluding diaryl/α,β-unsaturated/α-hetero) is 1. The van der Waals surface area contributed by atoms with Crippen molar-refractivity contribution in [3.8, 4) is 6.07 Å². The molecule has 0 bridgehead atoms. The van der Waals surface area contributed by atoms with Crippen molar-refractivity contribution in [3.63, 3.8) is 0 Å². The number of hydrogen-bond acceptors (Lipinski definition) is 3. The number of carbonyl (C=O) groups is 1. The number of aromatic nitrogens is 1. The quantitative estimate of drug-likeness (QED) is 0.812. The zero-order valence-corrected chi connectivity index (χ0v) is 12.9. The lowest BCUT2D eigenvalue weighted by Gasteiger charge is -2.14. The van der Waals surface area contributed by atoms with E-state index in [1.807, 2.05) is 43.3 Å². The molecule has 0 saturated carbocycles. The number of ketones is 1. The lowest BCUT2D eigenvalue weighted by atomic mass is 9.89. The van der Waals surface area contributed by atoms with Crippen LogP contribution < -0.4 is 0 Å². The fourth-order valence-electron chi connectivity index (χ4n) is 2.37. The van der Waals surface area contributed by atoms with Crippen molar-refractivity contribution in [3.05, 3.63) is 65.5 Å². The van der Waals surface area contributed by atoms with E-state index in [1.165, 1.54) is 0 Å². The molecule has 0 amide bonds. The first-order valence-electron chi connectivity index (χ1n) is 7.33. The smallest absolute Gasteiger partial charge is 0.298 e. The van der Waals surface area contributed by atoms with Crippen molar-refractivity contribution < 1.29 is 18.0 Å². The van der Waals surface area contributed by atoms with E-state index in [9.17, 15) is 23.2 Å². The first-order valence-corrected chi connectivity index (χ1v) is 7.33. The van der Waals surface area contributed by atoms with Crippen molar-refractivity contribution in [1.29, 1.82) is 5.26 Å². The molecule has 6 heteroatoms. The molecule has 2 atom stereocenters. The molecule has 1 aromatic carbocycles. The molecule has 0 aliphatic carbocycles. The summed E-state index contributed by atoms with van der Waals surface area (Å²) in [5, 5.41) is 9.23. The van der Waals surface area contributed by atoms with Gasteiger partial charge in [-0.1, -0.05) is 37.3 Å². The highest BCUT2D eigenvalue weighted by Gasteiger charge is 2.31. The Kier molecular flexibility index (Phi) is 5.35. The number of nitriles is 1. The van der Waals surface area contributed by atoms with Crippen LogP contribution in [0, 0.1) is 11.3 Å². The highest BCUT2D eigenvalue weighted by atomic mass is 19.4. The Morgan fingerprint density at radius 3 is 2.38 bits per heavy atom. The van der Waals surface area contributed by atoms with Gasteiger partial charge < -0.3 is 0 Å². The van der Waals surface area contributed by atoms with Gasteiger partial charge in [-0.3, -0.25) is 9.78 Å². The van der Waals surface area contributed by atoms with E-state index in [-0.39, 0.29) is 23.8 Å². The molecule has 3 nitrogen and oxygen atoms in total. The second-order valence-electron chi connectivity index (χ2n) is 5.51. The molecule has 0 saturated heterocycles. The maximum Gasteiger partial charge on any atom is 0.417 e.